The molecule has 0 unspecified atom stereocenters. The number of rotatable bonds is 6. The van der Waals surface area contributed by atoms with Gasteiger partial charge in [0.25, 0.3) is 0 Å². The SMILES string of the molecule is C[C@H](Nc1nccc(N2CCOC2=O)n1)c1ncc(Oc2ccc(F)c(Cl)c2)cn1. The van der Waals surface area contributed by atoms with Crippen molar-refractivity contribution in [1.29, 1.82) is 0 Å². The largest absolute Gasteiger partial charge is 0.454 e. The molecule has 1 amide bonds. The van der Waals surface area contributed by atoms with Crippen LogP contribution in [0.4, 0.5) is 21.0 Å². The van der Waals surface area contributed by atoms with Crippen molar-refractivity contribution in [1.82, 2.24) is 19.9 Å². The summed E-state index contributed by atoms with van der Waals surface area (Å²) in [4.78, 5) is 30.2. The molecule has 1 aromatic carbocycles. The Kier molecular flexibility index (Phi) is 5.57. The first-order valence-electron chi connectivity index (χ1n) is 8.98. The third-order valence-corrected chi connectivity index (χ3v) is 4.48. The van der Waals surface area contributed by atoms with Crippen LogP contribution in [0, 0.1) is 5.82 Å². The van der Waals surface area contributed by atoms with Gasteiger partial charge in [0.1, 0.15) is 24.0 Å². The Morgan fingerprint density at radius 2 is 2.03 bits per heavy atom. The van der Waals surface area contributed by atoms with Crippen LogP contribution in [0.25, 0.3) is 0 Å². The van der Waals surface area contributed by atoms with Crippen LogP contribution in [0.2, 0.25) is 5.02 Å². The predicted octanol–water partition coefficient (Wildman–Crippen LogP) is 3.98. The van der Waals surface area contributed by atoms with Gasteiger partial charge in [-0.2, -0.15) is 4.98 Å². The molecule has 1 aliphatic heterocycles. The Bertz CT molecular complexity index is 1070. The average Bonchev–Trinajstić information content (AvgIpc) is 3.17. The second kappa shape index (κ2) is 8.46. The number of halogens is 2. The fraction of sp³-hybridized carbons (Fsp3) is 0.211. The summed E-state index contributed by atoms with van der Waals surface area (Å²) in [6.07, 6.45) is 4.10. The van der Waals surface area contributed by atoms with Gasteiger partial charge in [0.2, 0.25) is 5.95 Å². The normalized spacial score (nSPS) is 14.4. The lowest BCUT2D eigenvalue weighted by Gasteiger charge is -2.15. The second-order valence-electron chi connectivity index (χ2n) is 6.33. The van der Waals surface area contributed by atoms with E-state index in [4.69, 9.17) is 21.1 Å². The number of amides is 1. The number of benzene rings is 1. The molecular formula is C19H16ClFN6O3. The van der Waals surface area contributed by atoms with Gasteiger partial charge in [-0.15, -0.1) is 0 Å². The molecule has 0 saturated carbocycles. The molecule has 11 heteroatoms. The van der Waals surface area contributed by atoms with Crippen LogP contribution in [0.15, 0.2) is 42.9 Å². The molecule has 1 aliphatic rings. The summed E-state index contributed by atoms with van der Waals surface area (Å²) in [6.45, 7) is 2.61. The fourth-order valence-corrected chi connectivity index (χ4v) is 2.88. The molecule has 1 fully saturated rings. The van der Waals surface area contributed by atoms with Crippen LogP contribution in [0.5, 0.6) is 11.5 Å². The summed E-state index contributed by atoms with van der Waals surface area (Å²) in [5.41, 5.74) is 0. The van der Waals surface area contributed by atoms with E-state index in [0.29, 0.717) is 42.2 Å². The first-order chi connectivity index (χ1) is 14.5. The third kappa shape index (κ3) is 4.38. The number of hydrogen-bond acceptors (Lipinski definition) is 8. The van der Waals surface area contributed by atoms with Gasteiger partial charge in [0.05, 0.1) is 30.0 Å². The fourth-order valence-electron chi connectivity index (χ4n) is 2.71. The van der Waals surface area contributed by atoms with Crippen molar-refractivity contribution >= 4 is 29.5 Å². The number of anilines is 2. The zero-order valence-corrected chi connectivity index (χ0v) is 16.5. The zero-order valence-electron chi connectivity index (χ0n) is 15.7. The number of ether oxygens (including phenoxy) is 2. The Balaban J connectivity index is 1.42. The van der Waals surface area contributed by atoms with Crippen LogP contribution in [-0.4, -0.2) is 39.2 Å². The maximum absolute atomic E-state index is 13.2. The summed E-state index contributed by atoms with van der Waals surface area (Å²) in [7, 11) is 0. The highest BCUT2D eigenvalue weighted by Crippen LogP contribution is 2.26. The van der Waals surface area contributed by atoms with Crippen LogP contribution in [0.3, 0.4) is 0 Å². The lowest BCUT2D eigenvalue weighted by atomic mass is 10.3. The van der Waals surface area contributed by atoms with Crippen LogP contribution >= 0.6 is 11.6 Å². The van der Waals surface area contributed by atoms with Crippen LogP contribution < -0.4 is 15.0 Å². The van der Waals surface area contributed by atoms with E-state index in [0.717, 1.165) is 0 Å². The van der Waals surface area contributed by atoms with Crippen molar-refractivity contribution in [3.8, 4) is 11.5 Å². The molecule has 30 heavy (non-hydrogen) atoms. The summed E-state index contributed by atoms with van der Waals surface area (Å²) >= 11 is 5.75. The maximum Gasteiger partial charge on any atom is 0.415 e. The van der Waals surface area contributed by atoms with Gasteiger partial charge in [0.15, 0.2) is 11.6 Å². The number of carbonyl (C=O) groups is 1. The maximum atomic E-state index is 13.2. The predicted molar refractivity (Wildman–Crippen MR) is 106 cm³/mol. The summed E-state index contributed by atoms with van der Waals surface area (Å²) in [5, 5.41) is 3.06. The summed E-state index contributed by atoms with van der Waals surface area (Å²) in [6, 6.07) is 5.36. The van der Waals surface area contributed by atoms with E-state index < -0.39 is 11.9 Å². The van der Waals surface area contributed by atoms with E-state index in [1.165, 1.54) is 35.5 Å². The smallest absolute Gasteiger partial charge is 0.415 e. The Morgan fingerprint density at radius 1 is 1.23 bits per heavy atom. The van der Waals surface area contributed by atoms with Crippen LogP contribution in [-0.2, 0) is 4.74 Å². The third-order valence-electron chi connectivity index (χ3n) is 4.19. The lowest BCUT2D eigenvalue weighted by molar-refractivity contribution is 0.181. The molecule has 154 valence electrons. The van der Waals surface area contributed by atoms with E-state index in [-0.39, 0.29) is 11.1 Å². The van der Waals surface area contributed by atoms with E-state index in [1.54, 1.807) is 12.3 Å². The Labute approximate surface area is 175 Å². The van der Waals surface area contributed by atoms with Gasteiger partial charge < -0.3 is 14.8 Å². The Morgan fingerprint density at radius 3 is 2.73 bits per heavy atom. The highest BCUT2D eigenvalue weighted by Gasteiger charge is 2.25. The average molecular weight is 431 g/mol. The first-order valence-corrected chi connectivity index (χ1v) is 9.36. The standard InChI is InChI=1S/C19H16ClFN6O3/c1-11(25-18-22-5-4-16(26-18)27-6-7-29-19(27)28)17-23-9-13(10-24-17)30-12-2-3-15(21)14(20)8-12/h2-5,8-11H,6-7H2,1H3,(H,22,25,26)/t11-/m0/s1. The highest BCUT2D eigenvalue weighted by molar-refractivity contribution is 6.30. The zero-order chi connectivity index (χ0) is 21.1. The molecule has 1 N–H and O–H groups in total. The lowest BCUT2D eigenvalue weighted by Crippen LogP contribution is -2.25. The van der Waals surface area contributed by atoms with E-state index in [9.17, 15) is 9.18 Å². The van der Waals surface area contributed by atoms with Gasteiger partial charge in [-0.3, -0.25) is 4.90 Å². The number of nitrogens with one attached hydrogen (secondary N) is 1. The molecule has 4 rings (SSSR count). The van der Waals surface area contributed by atoms with Gasteiger partial charge in [-0.25, -0.2) is 24.1 Å². The highest BCUT2D eigenvalue weighted by atomic mass is 35.5. The molecule has 0 bridgehead atoms. The molecule has 2 aromatic heterocycles. The van der Waals surface area contributed by atoms with Crippen molar-refractivity contribution in [3.63, 3.8) is 0 Å². The number of cyclic esters (lactones) is 1. The van der Waals surface area contributed by atoms with E-state index >= 15 is 0 Å². The molecule has 0 radical (unpaired) electrons. The molecule has 0 spiro atoms. The molecule has 1 atom stereocenters. The summed E-state index contributed by atoms with van der Waals surface area (Å²) in [5.74, 6) is 1.47. The molecule has 1 saturated heterocycles. The van der Waals surface area contributed by atoms with Crippen molar-refractivity contribution in [2.75, 3.05) is 23.4 Å². The van der Waals surface area contributed by atoms with Crippen molar-refractivity contribution < 1.29 is 18.7 Å². The number of aromatic nitrogens is 4. The molecule has 3 heterocycles. The molecule has 3 aromatic rings. The van der Waals surface area contributed by atoms with Gasteiger partial charge in [-0.05, 0) is 25.1 Å². The van der Waals surface area contributed by atoms with Crippen LogP contribution in [0.1, 0.15) is 18.8 Å². The van der Waals surface area contributed by atoms with E-state index in [1.807, 2.05) is 6.92 Å². The Hall–Kier alpha value is -3.53. The molecular weight excluding hydrogens is 415 g/mol. The van der Waals surface area contributed by atoms with E-state index in [2.05, 4.69) is 25.3 Å². The van der Waals surface area contributed by atoms with Crippen molar-refractivity contribution in [3.05, 3.63) is 59.5 Å². The monoisotopic (exact) mass is 430 g/mol. The molecule has 9 nitrogen and oxygen atoms in total. The minimum absolute atomic E-state index is 0.0349. The minimum atomic E-state index is -0.525. The first kappa shape index (κ1) is 19.8. The van der Waals surface area contributed by atoms with Crippen molar-refractivity contribution in [2.24, 2.45) is 0 Å². The van der Waals surface area contributed by atoms with Gasteiger partial charge >= 0.3 is 6.09 Å². The van der Waals surface area contributed by atoms with Gasteiger partial charge in [0, 0.05) is 12.3 Å². The number of nitrogens with zero attached hydrogens (tertiary/aromatic N) is 5. The van der Waals surface area contributed by atoms with Gasteiger partial charge in [-0.1, -0.05) is 11.6 Å². The number of carbonyl (C=O) groups excluding carboxylic acids is 1. The molecule has 0 aliphatic carbocycles. The summed E-state index contributed by atoms with van der Waals surface area (Å²) < 4.78 is 23.7. The van der Waals surface area contributed by atoms with Crippen molar-refractivity contribution in [2.45, 2.75) is 13.0 Å². The number of hydrogen-bond donors (Lipinski definition) is 1. The second-order valence-corrected chi connectivity index (χ2v) is 6.73. The topological polar surface area (TPSA) is 102 Å². The minimum Gasteiger partial charge on any atom is -0.454 e. The quantitative estimate of drug-likeness (QED) is 0.626.